The van der Waals surface area contributed by atoms with Gasteiger partial charge < -0.3 is 0 Å². The summed E-state index contributed by atoms with van der Waals surface area (Å²) in [5.41, 5.74) is 2.94. The SMILES string of the molecule is N=C([SeH])N1C=CCN1. The minimum atomic E-state index is 0.464. The van der Waals surface area contributed by atoms with Crippen LogP contribution in [-0.4, -0.2) is 32.3 Å². The Morgan fingerprint density at radius 2 is 2.62 bits per heavy atom. The first-order valence-electron chi connectivity index (χ1n) is 2.27. The summed E-state index contributed by atoms with van der Waals surface area (Å²) in [6.45, 7) is 0.833. The Kier molecular flexibility index (Phi) is 1.68. The molecule has 0 aromatic heterocycles. The van der Waals surface area contributed by atoms with Crippen molar-refractivity contribution in [2.75, 3.05) is 6.54 Å². The van der Waals surface area contributed by atoms with Crippen LogP contribution in [0.1, 0.15) is 0 Å². The van der Waals surface area contributed by atoms with Crippen molar-refractivity contribution in [2.45, 2.75) is 0 Å². The van der Waals surface area contributed by atoms with E-state index in [0.29, 0.717) is 4.73 Å². The number of nitrogens with one attached hydrogen (secondary N) is 2. The monoisotopic (exact) mass is 177 g/mol. The van der Waals surface area contributed by atoms with E-state index < -0.39 is 0 Å². The van der Waals surface area contributed by atoms with E-state index in [0.717, 1.165) is 6.54 Å². The second-order valence-electron chi connectivity index (χ2n) is 1.44. The molecule has 0 saturated heterocycles. The summed E-state index contributed by atoms with van der Waals surface area (Å²) in [6.07, 6.45) is 3.79. The van der Waals surface area contributed by atoms with Crippen molar-refractivity contribution in [3.63, 3.8) is 0 Å². The topological polar surface area (TPSA) is 39.1 Å². The molecule has 1 rings (SSSR count). The summed E-state index contributed by atoms with van der Waals surface area (Å²) in [5, 5.41) is 8.73. The maximum atomic E-state index is 7.08. The van der Waals surface area contributed by atoms with Crippen LogP contribution in [-0.2, 0) is 0 Å². The molecule has 44 valence electrons. The molecule has 0 saturated carbocycles. The number of nitrogens with zero attached hydrogens (tertiary/aromatic N) is 1. The molecule has 0 spiro atoms. The van der Waals surface area contributed by atoms with Crippen molar-refractivity contribution < 1.29 is 0 Å². The summed E-state index contributed by atoms with van der Waals surface area (Å²) in [6, 6.07) is 0. The van der Waals surface area contributed by atoms with Gasteiger partial charge in [0.1, 0.15) is 0 Å². The zero-order chi connectivity index (χ0) is 5.98. The molecule has 2 N–H and O–H groups in total. The van der Waals surface area contributed by atoms with Crippen LogP contribution >= 0.6 is 0 Å². The van der Waals surface area contributed by atoms with Gasteiger partial charge in [0.25, 0.3) is 0 Å². The Bertz CT molecular complexity index is 131. The molecular weight excluding hydrogens is 169 g/mol. The Balaban J connectivity index is 2.48. The molecule has 0 bridgehead atoms. The van der Waals surface area contributed by atoms with Crippen molar-refractivity contribution in [3.05, 3.63) is 12.3 Å². The van der Waals surface area contributed by atoms with Gasteiger partial charge in [0.05, 0.1) is 0 Å². The fourth-order valence-electron chi connectivity index (χ4n) is 0.507. The Morgan fingerprint density at radius 1 is 1.88 bits per heavy atom. The number of hydrogen-bond acceptors (Lipinski definition) is 2. The summed E-state index contributed by atoms with van der Waals surface area (Å²) in [5.74, 6) is 0. The number of rotatable bonds is 0. The van der Waals surface area contributed by atoms with E-state index in [-0.39, 0.29) is 0 Å². The molecule has 0 aromatic rings. The standard InChI is InChI=1S/C4H7N3Se/c5-4(8)7-3-1-2-6-7/h1,3,6H,2H2,(H2,5,8). The van der Waals surface area contributed by atoms with E-state index in [1.165, 1.54) is 0 Å². The molecule has 4 heteroatoms. The van der Waals surface area contributed by atoms with E-state index >= 15 is 0 Å². The molecule has 0 fully saturated rings. The van der Waals surface area contributed by atoms with Crippen LogP contribution in [0.2, 0.25) is 0 Å². The summed E-state index contributed by atoms with van der Waals surface area (Å²) in [4.78, 5) is 0. The molecule has 0 aliphatic carbocycles. The van der Waals surface area contributed by atoms with Crippen LogP contribution in [0, 0.1) is 5.41 Å². The molecule has 0 amide bonds. The van der Waals surface area contributed by atoms with E-state index in [9.17, 15) is 0 Å². The summed E-state index contributed by atoms with van der Waals surface area (Å²) in [7, 11) is 0. The third-order valence-electron chi connectivity index (χ3n) is 0.862. The summed E-state index contributed by atoms with van der Waals surface area (Å²) >= 11 is 2.16. The molecule has 0 radical (unpaired) electrons. The van der Waals surface area contributed by atoms with Gasteiger partial charge in [-0.1, -0.05) is 0 Å². The van der Waals surface area contributed by atoms with Crippen LogP contribution in [0.15, 0.2) is 12.3 Å². The first kappa shape index (κ1) is 5.82. The van der Waals surface area contributed by atoms with Gasteiger partial charge in [0.15, 0.2) is 0 Å². The average Bonchev–Trinajstić information content (AvgIpc) is 2.12. The number of hydrazine groups is 1. The Hall–Kier alpha value is -0.311. The molecule has 0 unspecified atom stereocenters. The maximum absolute atomic E-state index is 7.08. The second-order valence-corrected chi connectivity index (χ2v) is 2.33. The average molecular weight is 176 g/mol. The van der Waals surface area contributed by atoms with Crippen LogP contribution in [0.3, 0.4) is 0 Å². The van der Waals surface area contributed by atoms with Gasteiger partial charge in [-0.15, -0.1) is 0 Å². The molecule has 0 aromatic carbocycles. The van der Waals surface area contributed by atoms with Gasteiger partial charge in [-0.2, -0.15) is 0 Å². The van der Waals surface area contributed by atoms with Crippen molar-refractivity contribution >= 4 is 20.7 Å². The van der Waals surface area contributed by atoms with E-state index in [1.807, 2.05) is 12.3 Å². The van der Waals surface area contributed by atoms with Crippen LogP contribution in [0.5, 0.6) is 0 Å². The quantitative estimate of drug-likeness (QED) is 0.287. The predicted molar refractivity (Wildman–Crippen MR) is 33.9 cm³/mol. The molecule has 8 heavy (non-hydrogen) atoms. The first-order chi connectivity index (χ1) is 3.80. The zero-order valence-electron chi connectivity index (χ0n) is 4.26. The number of hydrogen-bond donors (Lipinski definition) is 2. The fraction of sp³-hybridized carbons (Fsp3) is 0.250. The Labute approximate surface area is 56.0 Å². The van der Waals surface area contributed by atoms with Crippen molar-refractivity contribution in [1.82, 2.24) is 10.4 Å². The van der Waals surface area contributed by atoms with Gasteiger partial charge in [0.2, 0.25) is 0 Å². The molecule has 1 heterocycles. The van der Waals surface area contributed by atoms with Crippen molar-refractivity contribution in [2.24, 2.45) is 0 Å². The third kappa shape index (κ3) is 1.09. The molecular formula is C4H7N3Se. The molecule has 1 aliphatic rings. The van der Waals surface area contributed by atoms with Crippen LogP contribution in [0.4, 0.5) is 0 Å². The van der Waals surface area contributed by atoms with Gasteiger partial charge in [-0.25, -0.2) is 0 Å². The van der Waals surface area contributed by atoms with Crippen LogP contribution < -0.4 is 5.43 Å². The van der Waals surface area contributed by atoms with Crippen molar-refractivity contribution in [1.29, 1.82) is 5.41 Å². The van der Waals surface area contributed by atoms with Gasteiger partial charge in [-0.3, -0.25) is 0 Å². The fourth-order valence-corrected chi connectivity index (χ4v) is 0.796. The van der Waals surface area contributed by atoms with Gasteiger partial charge in [0, 0.05) is 0 Å². The van der Waals surface area contributed by atoms with Gasteiger partial charge >= 0.3 is 55.4 Å². The third-order valence-corrected chi connectivity index (χ3v) is 1.31. The number of amidine groups is 1. The molecule has 1 aliphatic heterocycles. The van der Waals surface area contributed by atoms with Gasteiger partial charge in [-0.05, 0) is 0 Å². The second kappa shape index (κ2) is 2.31. The van der Waals surface area contributed by atoms with E-state index in [1.54, 1.807) is 5.01 Å². The van der Waals surface area contributed by atoms with E-state index in [2.05, 4.69) is 21.4 Å². The summed E-state index contributed by atoms with van der Waals surface area (Å²) < 4.78 is 0.464. The first-order valence-corrected chi connectivity index (χ1v) is 3.21. The molecule has 0 atom stereocenters. The van der Waals surface area contributed by atoms with Crippen molar-refractivity contribution in [3.8, 4) is 0 Å². The zero-order valence-corrected chi connectivity index (χ0v) is 6.13. The Morgan fingerprint density at radius 3 is 2.88 bits per heavy atom. The molecule has 3 nitrogen and oxygen atoms in total. The predicted octanol–water partition coefficient (Wildman–Crippen LogP) is -0.844. The van der Waals surface area contributed by atoms with E-state index in [4.69, 9.17) is 5.41 Å². The van der Waals surface area contributed by atoms with Crippen LogP contribution in [0.25, 0.3) is 0 Å². The normalized spacial score (nSPS) is 17.4. The minimum absolute atomic E-state index is 0.464.